The van der Waals surface area contributed by atoms with Crippen LogP contribution in [-0.2, 0) is 60.6 Å². The van der Waals surface area contributed by atoms with E-state index < -0.39 is 63.4 Å². The third kappa shape index (κ3) is 35.8. The van der Waals surface area contributed by atoms with Crippen molar-refractivity contribution in [3.8, 4) is 0 Å². The molecule has 10 heterocycles. The number of carbonyl (C=O) groups is 12. The van der Waals surface area contributed by atoms with Gasteiger partial charge in [-0.15, -0.1) is 0 Å². The van der Waals surface area contributed by atoms with Crippen molar-refractivity contribution in [3.63, 3.8) is 0 Å². The van der Waals surface area contributed by atoms with Gasteiger partial charge in [-0.2, -0.15) is 0 Å². The van der Waals surface area contributed by atoms with Gasteiger partial charge in [0.25, 0.3) is 28.2 Å². The molecule has 4 amide bonds. The third-order valence-corrected chi connectivity index (χ3v) is 20.3. The Kier molecular flexibility index (Phi) is 47.7. The van der Waals surface area contributed by atoms with Gasteiger partial charge in [-0.05, 0) is 195 Å². The van der Waals surface area contributed by atoms with E-state index in [2.05, 4.69) is 86.2 Å². The maximum Gasteiger partial charge on any atom is 0.354 e. The van der Waals surface area contributed by atoms with Crippen LogP contribution < -0.4 is 21.7 Å². The summed E-state index contributed by atoms with van der Waals surface area (Å²) in [6.45, 7) is 2.24. The Labute approximate surface area is 751 Å². The van der Waals surface area contributed by atoms with E-state index in [1.165, 1.54) is 212 Å². The minimum absolute atomic E-state index is 0.0318. The maximum absolute atomic E-state index is 13.2. The first-order chi connectivity index (χ1) is 59.5. The molecule has 4 atom stereocenters. The van der Waals surface area contributed by atoms with Crippen LogP contribution >= 0.6 is 105 Å². The van der Waals surface area contributed by atoms with Crippen molar-refractivity contribution >= 4 is 175 Å². The van der Waals surface area contributed by atoms with Gasteiger partial charge in [-0.25, -0.2) is 104 Å². The number of carboxylic acids is 1. The second-order valence-electron chi connectivity index (χ2n) is 24.6. The number of thioether (sulfide) groups is 6. The number of carbonyl (C=O) groups excluding carboxylic acids is 11. The zero-order valence-corrected chi connectivity index (χ0v) is 75.4. The Morgan fingerprint density at radius 3 is 1.07 bits per heavy atom. The molecular formula is C76H87Cl3F2N20O17S6. The van der Waals surface area contributed by atoms with Gasteiger partial charge >= 0.3 is 29.8 Å². The summed E-state index contributed by atoms with van der Waals surface area (Å²) in [4.78, 5) is 187. The van der Waals surface area contributed by atoms with Gasteiger partial charge in [-0.1, -0.05) is 94.8 Å². The van der Waals surface area contributed by atoms with Crippen LogP contribution in [0.1, 0.15) is 125 Å². The summed E-state index contributed by atoms with van der Waals surface area (Å²) in [5.41, 5.74) is 14.1. The van der Waals surface area contributed by atoms with Crippen LogP contribution in [0.4, 0.5) is 8.78 Å². The van der Waals surface area contributed by atoms with Crippen molar-refractivity contribution in [2.24, 2.45) is 0 Å². The molecule has 0 unspecified atom stereocenters. The molecule has 4 aliphatic rings. The normalized spacial score (nSPS) is 15.5. The lowest BCUT2D eigenvalue weighted by Crippen LogP contribution is -2.60. The van der Waals surface area contributed by atoms with Crippen molar-refractivity contribution in [2.45, 2.75) is 119 Å². The lowest BCUT2D eigenvalue weighted by Gasteiger charge is -2.42. The standard InChI is InChI=1S/C20H21FN4O4S.2C12H16N4O3S.C8H6ClFO.2C6H5ClN2OS.C6H6N2O2S.C6H12N2O2/c1-29-19(28)16-4-3-11-24(18(27)15-9-10-22-20(23-15)30-2)25(16)17(26)12-13-5-7-14(21)8-6-13;2*1-19-11(18)9-4-3-7-16(15-9)10(17)8-5-6-13-12(14-8)20-2;9-8(11)5-6-1-3-7(10)4-2-6;2*1-11-6-8-3-2-4(9-6)5(7)10;1-11-6-7-3-2-4(8-6)5(9)10;1-10-6(9)5-3-2-4-7-8-5/h5-10,16H,3-4,11-12H2,1-2H3;2*5-6,9,15H,3-4,7H2,1-2H3;1-4H,5H2;2*2-3H,1H3;2-3H,1H3,(H,9,10);5,7-8H,2-4H2,1H3/t16-;2*9-;;;;;5-/m000....1/s1. The van der Waals surface area contributed by atoms with Crippen LogP contribution in [0.2, 0.25) is 0 Å². The van der Waals surface area contributed by atoms with Crippen LogP contribution in [0.15, 0.2) is 153 Å². The molecule has 4 saturated heterocycles. The molecule has 12 rings (SSSR count). The number of aromatic nitrogens is 12. The molecule has 0 aliphatic carbocycles. The quantitative estimate of drug-likeness (QED) is 0.0156. The van der Waals surface area contributed by atoms with Crippen LogP contribution in [-0.4, -0.2) is 270 Å². The number of hydrazine groups is 4. The number of halogens is 5. The van der Waals surface area contributed by atoms with Gasteiger partial charge in [0.2, 0.25) is 11.1 Å². The number of amides is 4. The Hall–Kier alpha value is -10.2. The number of nitrogens with one attached hydrogen (secondary N) is 4. The Balaban J connectivity index is 0.000000261. The van der Waals surface area contributed by atoms with Gasteiger partial charge in [0.1, 0.15) is 58.2 Å². The molecule has 4 aliphatic heterocycles. The van der Waals surface area contributed by atoms with Gasteiger partial charge in [0.15, 0.2) is 42.7 Å². The Morgan fingerprint density at radius 2 is 0.734 bits per heavy atom. The zero-order chi connectivity index (χ0) is 91.2. The second-order valence-corrected chi connectivity index (χ2v) is 30.4. The minimum Gasteiger partial charge on any atom is -0.477 e. The highest BCUT2D eigenvalue weighted by Crippen LogP contribution is 2.25. The van der Waals surface area contributed by atoms with Gasteiger partial charge in [0.05, 0.1) is 34.9 Å². The molecule has 0 radical (unpaired) electrons. The fourth-order valence-electron chi connectivity index (χ4n) is 10.5. The van der Waals surface area contributed by atoms with Crippen molar-refractivity contribution in [3.05, 3.63) is 179 Å². The molecule has 48 heteroatoms. The molecule has 8 aromatic rings. The highest BCUT2D eigenvalue weighted by molar-refractivity contribution is 7.99. The molecule has 4 fully saturated rings. The number of aromatic carboxylic acids is 1. The maximum atomic E-state index is 13.2. The molecule has 37 nitrogen and oxygen atoms in total. The smallest absolute Gasteiger partial charge is 0.354 e. The summed E-state index contributed by atoms with van der Waals surface area (Å²) in [6.07, 6.45) is 25.5. The van der Waals surface area contributed by atoms with E-state index in [9.17, 15) is 66.3 Å². The molecule has 2 aromatic carbocycles. The first-order valence-electron chi connectivity index (χ1n) is 36.6. The average molecular weight is 1890 g/mol. The number of hydrogen-bond donors (Lipinski definition) is 5. The monoisotopic (exact) mass is 1890 g/mol. The largest absolute Gasteiger partial charge is 0.477 e. The lowest BCUT2D eigenvalue weighted by atomic mass is 10.1. The number of benzene rings is 2. The Bertz CT molecular complexity index is 4660. The highest BCUT2D eigenvalue weighted by Gasteiger charge is 2.41. The van der Waals surface area contributed by atoms with Gasteiger partial charge < -0.3 is 24.1 Å². The fourth-order valence-corrected chi connectivity index (χ4v) is 13.0. The van der Waals surface area contributed by atoms with Crippen molar-refractivity contribution in [1.82, 2.24) is 102 Å². The van der Waals surface area contributed by atoms with E-state index in [-0.39, 0.29) is 83.7 Å². The molecule has 0 spiro atoms. The molecular weight excluding hydrogens is 1800 g/mol. The van der Waals surface area contributed by atoms with E-state index in [4.69, 9.17) is 54.1 Å². The number of nitrogens with zero attached hydrogens (tertiary/aromatic N) is 16. The van der Waals surface area contributed by atoms with Crippen molar-refractivity contribution in [2.75, 3.05) is 92.2 Å². The molecule has 664 valence electrons. The first kappa shape index (κ1) is 104. The molecule has 0 saturated carbocycles. The van der Waals surface area contributed by atoms with Crippen molar-refractivity contribution in [1.29, 1.82) is 0 Å². The summed E-state index contributed by atoms with van der Waals surface area (Å²) in [5.74, 6) is -4.78. The first-order valence-corrected chi connectivity index (χ1v) is 45.1. The van der Waals surface area contributed by atoms with Crippen LogP contribution in [0.3, 0.4) is 0 Å². The summed E-state index contributed by atoms with van der Waals surface area (Å²) in [7, 11) is 5.30. The average Bonchev–Trinajstić information content (AvgIpc) is 0.786. The van der Waals surface area contributed by atoms with E-state index in [0.717, 1.165) is 42.8 Å². The topological polar surface area (TPSA) is 478 Å². The van der Waals surface area contributed by atoms with Crippen LogP contribution in [0, 0.1) is 11.6 Å². The number of rotatable bonds is 20. The third-order valence-electron chi connectivity index (χ3n) is 16.5. The Morgan fingerprint density at radius 1 is 0.411 bits per heavy atom. The van der Waals surface area contributed by atoms with E-state index in [0.29, 0.717) is 86.7 Å². The molecule has 5 N–H and O–H groups in total. The minimum atomic E-state index is -1.03. The molecule has 6 aromatic heterocycles. The lowest BCUT2D eigenvalue weighted by molar-refractivity contribution is -0.170. The highest BCUT2D eigenvalue weighted by atomic mass is 35.5. The number of esters is 4. The van der Waals surface area contributed by atoms with Gasteiger partial charge in [-0.3, -0.25) is 63.4 Å². The SMILES string of the molecule is COC(=O)[C@@H]1CCCN(C(=O)c2ccnc(SC)n2)N1.COC(=O)[C@@H]1CCCN(C(=O)c2ccnc(SC)n2)N1.COC(=O)[C@@H]1CCCN(C(=O)c2ccnc(SC)n2)N1C(=O)Cc1ccc(F)cc1.COC(=O)[C@H]1CCCNN1.CSc1nccc(C(=O)Cl)n1.CSc1nccc(C(=O)Cl)n1.CSc1nccc(C(=O)O)n1.O=C(Cl)Cc1ccc(F)cc1. The summed E-state index contributed by atoms with van der Waals surface area (Å²) in [6, 6.07) is 18.0. The summed E-state index contributed by atoms with van der Waals surface area (Å²) >= 11 is 23.6. The number of hydrogen-bond acceptors (Lipinski definition) is 38. The van der Waals surface area contributed by atoms with E-state index in [1.807, 2.05) is 25.0 Å². The predicted molar refractivity (Wildman–Crippen MR) is 459 cm³/mol. The van der Waals surface area contributed by atoms with Crippen LogP contribution in [0.25, 0.3) is 0 Å². The molecule has 124 heavy (non-hydrogen) atoms. The predicted octanol–water partition coefficient (Wildman–Crippen LogP) is 8.66. The van der Waals surface area contributed by atoms with Gasteiger partial charge in [0, 0.05) is 69.8 Å². The zero-order valence-electron chi connectivity index (χ0n) is 68.2. The summed E-state index contributed by atoms with van der Waals surface area (Å²) < 4.78 is 44.3. The number of ether oxygens (including phenoxy) is 4. The molecule has 0 bridgehead atoms. The number of carboxylic acid groups (broad SMARTS) is 1. The van der Waals surface area contributed by atoms with E-state index >= 15 is 0 Å². The number of methoxy groups -OCH3 is 4. The van der Waals surface area contributed by atoms with Crippen molar-refractivity contribution < 1.29 is 90.4 Å². The summed E-state index contributed by atoms with van der Waals surface area (Å²) in [5, 5.41) is 15.3. The second kappa shape index (κ2) is 56.6. The van der Waals surface area contributed by atoms with Crippen LogP contribution in [0.5, 0.6) is 0 Å². The fraction of sp³-hybridized carbons (Fsp3) is 0.368. The van der Waals surface area contributed by atoms with E-state index in [1.54, 1.807) is 37.0 Å².